The Balaban J connectivity index is 1.53. The lowest BCUT2D eigenvalue weighted by Crippen LogP contribution is -2.11. The van der Waals surface area contributed by atoms with Crippen LogP contribution in [-0.4, -0.2) is 11.2 Å². The average Bonchev–Trinajstić information content (AvgIpc) is 3.26. The van der Waals surface area contributed by atoms with Gasteiger partial charge in [0.1, 0.15) is 0 Å². The SMILES string of the molecule is Cc1cccc(CCC(O)C2CC2c2ccccc2)c1. The van der Waals surface area contributed by atoms with Gasteiger partial charge in [-0.2, -0.15) is 0 Å². The monoisotopic (exact) mass is 266 g/mol. The van der Waals surface area contributed by atoms with Crippen LogP contribution in [0.2, 0.25) is 0 Å². The first-order chi connectivity index (χ1) is 9.74. The number of aliphatic hydroxyl groups is 1. The van der Waals surface area contributed by atoms with E-state index < -0.39 is 0 Å². The lowest BCUT2D eigenvalue weighted by atomic mass is 10.0. The van der Waals surface area contributed by atoms with Crippen molar-refractivity contribution < 1.29 is 5.11 Å². The van der Waals surface area contributed by atoms with Crippen molar-refractivity contribution in [1.29, 1.82) is 0 Å². The molecule has 0 amide bonds. The third-order valence-electron chi connectivity index (χ3n) is 4.37. The highest BCUT2D eigenvalue weighted by molar-refractivity contribution is 5.26. The van der Waals surface area contributed by atoms with Crippen LogP contribution >= 0.6 is 0 Å². The van der Waals surface area contributed by atoms with Crippen LogP contribution in [-0.2, 0) is 6.42 Å². The fourth-order valence-electron chi connectivity index (χ4n) is 3.12. The van der Waals surface area contributed by atoms with E-state index in [9.17, 15) is 5.11 Å². The van der Waals surface area contributed by atoms with Crippen LogP contribution in [0, 0.1) is 12.8 Å². The minimum absolute atomic E-state index is 0.166. The summed E-state index contributed by atoms with van der Waals surface area (Å²) in [5.41, 5.74) is 4.01. The average molecular weight is 266 g/mol. The van der Waals surface area contributed by atoms with Crippen molar-refractivity contribution in [2.75, 3.05) is 0 Å². The molecule has 0 radical (unpaired) electrons. The summed E-state index contributed by atoms with van der Waals surface area (Å²) in [6, 6.07) is 19.2. The Morgan fingerprint density at radius 1 is 1.10 bits per heavy atom. The maximum Gasteiger partial charge on any atom is 0.0577 e. The summed E-state index contributed by atoms with van der Waals surface area (Å²) in [6.07, 6.45) is 2.82. The van der Waals surface area contributed by atoms with Crippen LogP contribution < -0.4 is 0 Å². The Hall–Kier alpha value is -1.60. The predicted molar refractivity (Wildman–Crippen MR) is 82.8 cm³/mol. The van der Waals surface area contributed by atoms with Gasteiger partial charge in [-0.3, -0.25) is 0 Å². The van der Waals surface area contributed by atoms with Gasteiger partial charge >= 0.3 is 0 Å². The Kier molecular flexibility index (Phi) is 3.88. The number of aryl methyl sites for hydroxylation is 2. The van der Waals surface area contributed by atoms with Crippen LogP contribution in [0.15, 0.2) is 54.6 Å². The first kappa shape index (κ1) is 13.4. The van der Waals surface area contributed by atoms with Crippen molar-refractivity contribution in [3.63, 3.8) is 0 Å². The van der Waals surface area contributed by atoms with Crippen molar-refractivity contribution in [3.05, 3.63) is 71.3 Å². The van der Waals surface area contributed by atoms with Gasteiger partial charge in [-0.05, 0) is 49.1 Å². The molecule has 3 unspecified atom stereocenters. The minimum Gasteiger partial charge on any atom is -0.393 e. The number of rotatable bonds is 5. The van der Waals surface area contributed by atoms with Crippen molar-refractivity contribution in [3.8, 4) is 0 Å². The summed E-state index contributed by atoms with van der Waals surface area (Å²) in [7, 11) is 0. The molecule has 0 bridgehead atoms. The second-order valence-corrected chi connectivity index (χ2v) is 6.01. The third kappa shape index (κ3) is 3.10. The van der Waals surface area contributed by atoms with E-state index in [0.717, 1.165) is 19.3 Å². The largest absolute Gasteiger partial charge is 0.393 e. The molecule has 3 rings (SSSR count). The molecule has 2 aromatic carbocycles. The Labute approximate surface area is 121 Å². The molecule has 1 aliphatic carbocycles. The molecule has 2 aromatic rings. The number of benzene rings is 2. The summed E-state index contributed by atoms with van der Waals surface area (Å²) < 4.78 is 0. The Morgan fingerprint density at radius 3 is 2.65 bits per heavy atom. The van der Waals surface area contributed by atoms with Crippen LogP contribution in [0.4, 0.5) is 0 Å². The molecule has 3 atom stereocenters. The summed E-state index contributed by atoms with van der Waals surface area (Å²) in [5.74, 6) is 1.03. The molecular weight excluding hydrogens is 244 g/mol. The zero-order valence-electron chi connectivity index (χ0n) is 12.0. The molecule has 1 fully saturated rings. The lowest BCUT2D eigenvalue weighted by molar-refractivity contribution is 0.139. The van der Waals surface area contributed by atoms with Crippen molar-refractivity contribution in [1.82, 2.24) is 0 Å². The standard InChI is InChI=1S/C19H22O/c1-14-6-5-7-15(12-14)10-11-19(20)18-13-17(18)16-8-3-2-4-9-16/h2-9,12,17-20H,10-11,13H2,1H3. The van der Waals surface area contributed by atoms with Crippen molar-refractivity contribution in [2.45, 2.75) is 38.2 Å². The number of aliphatic hydroxyl groups excluding tert-OH is 1. The van der Waals surface area contributed by atoms with E-state index in [1.807, 2.05) is 0 Å². The molecule has 0 saturated heterocycles. The molecular formula is C19H22O. The summed E-state index contributed by atoms with van der Waals surface area (Å²) in [6.45, 7) is 2.12. The summed E-state index contributed by atoms with van der Waals surface area (Å²) >= 11 is 0. The molecule has 0 heterocycles. The van der Waals surface area contributed by atoms with Crippen LogP contribution in [0.5, 0.6) is 0 Å². The second-order valence-electron chi connectivity index (χ2n) is 6.01. The third-order valence-corrected chi connectivity index (χ3v) is 4.37. The molecule has 0 aliphatic heterocycles. The molecule has 1 aliphatic rings. The fourth-order valence-corrected chi connectivity index (χ4v) is 3.12. The van der Waals surface area contributed by atoms with E-state index >= 15 is 0 Å². The lowest BCUT2D eigenvalue weighted by Gasteiger charge is -2.11. The van der Waals surface area contributed by atoms with Crippen molar-refractivity contribution >= 4 is 0 Å². The highest BCUT2D eigenvalue weighted by Crippen LogP contribution is 2.50. The number of hydrogen-bond donors (Lipinski definition) is 1. The quantitative estimate of drug-likeness (QED) is 0.864. The first-order valence-corrected chi connectivity index (χ1v) is 7.52. The maximum atomic E-state index is 10.4. The fraction of sp³-hybridized carbons (Fsp3) is 0.368. The van der Waals surface area contributed by atoms with E-state index in [2.05, 4.69) is 61.5 Å². The van der Waals surface area contributed by atoms with Crippen LogP contribution in [0.25, 0.3) is 0 Å². The van der Waals surface area contributed by atoms with Gasteiger partial charge in [0.15, 0.2) is 0 Å². The molecule has 0 spiro atoms. The summed E-state index contributed by atoms with van der Waals surface area (Å²) in [5, 5.41) is 10.4. The van der Waals surface area contributed by atoms with E-state index in [0.29, 0.717) is 11.8 Å². The zero-order chi connectivity index (χ0) is 13.9. The molecule has 104 valence electrons. The van der Waals surface area contributed by atoms with Gasteiger partial charge in [0.2, 0.25) is 0 Å². The van der Waals surface area contributed by atoms with Crippen LogP contribution in [0.3, 0.4) is 0 Å². The van der Waals surface area contributed by atoms with Gasteiger partial charge in [-0.15, -0.1) is 0 Å². The van der Waals surface area contributed by atoms with E-state index in [4.69, 9.17) is 0 Å². The summed E-state index contributed by atoms with van der Waals surface area (Å²) in [4.78, 5) is 0. The Morgan fingerprint density at radius 2 is 1.90 bits per heavy atom. The normalized spacial score (nSPS) is 22.5. The van der Waals surface area contributed by atoms with Gasteiger partial charge in [0.05, 0.1) is 6.10 Å². The molecule has 20 heavy (non-hydrogen) atoms. The first-order valence-electron chi connectivity index (χ1n) is 7.52. The minimum atomic E-state index is -0.166. The topological polar surface area (TPSA) is 20.2 Å². The van der Waals surface area contributed by atoms with Gasteiger partial charge in [-0.1, -0.05) is 60.2 Å². The van der Waals surface area contributed by atoms with Gasteiger partial charge in [-0.25, -0.2) is 0 Å². The molecule has 1 heteroatoms. The second kappa shape index (κ2) is 5.80. The highest BCUT2D eigenvalue weighted by Gasteiger charge is 2.42. The van der Waals surface area contributed by atoms with Gasteiger partial charge < -0.3 is 5.11 Å². The maximum absolute atomic E-state index is 10.4. The van der Waals surface area contributed by atoms with E-state index in [1.165, 1.54) is 16.7 Å². The smallest absolute Gasteiger partial charge is 0.0577 e. The molecule has 1 nitrogen and oxygen atoms in total. The number of hydrogen-bond acceptors (Lipinski definition) is 1. The van der Waals surface area contributed by atoms with E-state index in [-0.39, 0.29) is 6.10 Å². The highest BCUT2D eigenvalue weighted by atomic mass is 16.3. The molecule has 0 aromatic heterocycles. The van der Waals surface area contributed by atoms with Gasteiger partial charge in [0.25, 0.3) is 0 Å². The van der Waals surface area contributed by atoms with E-state index in [1.54, 1.807) is 0 Å². The molecule has 1 saturated carbocycles. The van der Waals surface area contributed by atoms with Crippen LogP contribution in [0.1, 0.15) is 35.4 Å². The Bertz CT molecular complexity index is 561. The predicted octanol–water partition coefficient (Wildman–Crippen LogP) is 4.09. The zero-order valence-corrected chi connectivity index (χ0v) is 12.0. The van der Waals surface area contributed by atoms with Gasteiger partial charge in [0, 0.05) is 0 Å². The van der Waals surface area contributed by atoms with Crippen molar-refractivity contribution in [2.24, 2.45) is 5.92 Å². The molecule has 1 N–H and O–H groups in total.